The van der Waals surface area contributed by atoms with Crippen molar-refractivity contribution in [3.63, 3.8) is 0 Å². The number of rotatable bonds is 3. The van der Waals surface area contributed by atoms with E-state index in [0.717, 1.165) is 34.5 Å². The van der Waals surface area contributed by atoms with Crippen molar-refractivity contribution < 1.29 is 18.0 Å². The fraction of sp³-hybridized carbons (Fsp3) is 0.292. The third-order valence-electron chi connectivity index (χ3n) is 6.36. The van der Waals surface area contributed by atoms with E-state index in [0.29, 0.717) is 24.4 Å². The van der Waals surface area contributed by atoms with Crippen LogP contribution in [-0.2, 0) is 23.8 Å². The number of amides is 1. The monoisotopic (exact) mass is 453 g/mol. The minimum Gasteiger partial charge on any atom is -0.386 e. The van der Waals surface area contributed by atoms with E-state index in [-0.39, 0.29) is 24.4 Å². The lowest BCUT2D eigenvalue weighted by Gasteiger charge is -2.25. The van der Waals surface area contributed by atoms with Gasteiger partial charge in [-0.1, -0.05) is 24.3 Å². The Labute approximate surface area is 188 Å². The number of carbonyl (C=O) groups excluding carboxylic acids is 1. The van der Waals surface area contributed by atoms with Gasteiger partial charge in [0.1, 0.15) is 18.3 Å². The number of nitrogens with two attached hydrogens (primary N) is 1. The first-order valence-corrected chi connectivity index (χ1v) is 10.6. The Kier molecular flexibility index (Phi) is 4.99. The maximum Gasteiger partial charge on any atom is 0.416 e. The number of fused-ring (bicyclic) bond motifs is 2. The molecule has 0 fully saturated rings. The lowest BCUT2D eigenvalue weighted by Crippen LogP contribution is -2.38. The topological polar surface area (TPSA) is 74.3 Å². The number of benzene rings is 2. The van der Waals surface area contributed by atoms with Crippen LogP contribution in [0.1, 0.15) is 22.3 Å². The second-order valence-electron chi connectivity index (χ2n) is 8.47. The fourth-order valence-corrected chi connectivity index (χ4v) is 4.75. The minimum atomic E-state index is -4.44. The van der Waals surface area contributed by atoms with E-state index in [1.165, 1.54) is 12.4 Å². The lowest BCUT2D eigenvalue weighted by molar-refractivity contribution is -0.137. The summed E-state index contributed by atoms with van der Waals surface area (Å²) in [5.41, 5.74) is 9.60. The van der Waals surface area contributed by atoms with Crippen LogP contribution < -0.4 is 10.6 Å². The highest BCUT2D eigenvalue weighted by Crippen LogP contribution is 2.39. The standard InChI is InChI=1S/C24H22F3N5O/c1-31-12-18(21-22(28)29-13-30-23(21)31)15-5-6-19-16(11-15)7-8-32(19)20(33)10-14-3-2-4-17(9-14)24(25,26)27/h2-6,9,11-13,21,23H,7-8,10H2,1H3,(H2,28,29,30). The molecule has 3 aliphatic rings. The van der Waals surface area contributed by atoms with Crippen LogP contribution in [0.5, 0.6) is 0 Å². The molecule has 6 nitrogen and oxygen atoms in total. The molecule has 2 atom stereocenters. The molecule has 0 bridgehead atoms. The first-order valence-electron chi connectivity index (χ1n) is 10.6. The van der Waals surface area contributed by atoms with Crippen molar-refractivity contribution in [2.24, 2.45) is 21.6 Å². The highest BCUT2D eigenvalue weighted by atomic mass is 19.4. The van der Waals surface area contributed by atoms with E-state index >= 15 is 0 Å². The molecule has 2 aromatic rings. The number of halogens is 3. The van der Waals surface area contributed by atoms with E-state index in [4.69, 9.17) is 5.73 Å². The van der Waals surface area contributed by atoms with Crippen LogP contribution in [-0.4, -0.2) is 42.7 Å². The van der Waals surface area contributed by atoms with Gasteiger partial charge >= 0.3 is 6.18 Å². The molecule has 0 aromatic heterocycles. The van der Waals surface area contributed by atoms with Gasteiger partial charge in [-0.05, 0) is 46.9 Å². The first kappa shape index (κ1) is 21.2. The summed E-state index contributed by atoms with van der Waals surface area (Å²) in [4.78, 5) is 25.2. The van der Waals surface area contributed by atoms with Crippen molar-refractivity contribution in [2.75, 3.05) is 18.5 Å². The number of anilines is 1. The fourth-order valence-electron chi connectivity index (χ4n) is 4.75. The predicted octanol–water partition coefficient (Wildman–Crippen LogP) is 3.46. The van der Waals surface area contributed by atoms with Gasteiger partial charge in [-0.2, -0.15) is 13.2 Å². The second kappa shape index (κ2) is 7.75. The quantitative estimate of drug-likeness (QED) is 0.774. The van der Waals surface area contributed by atoms with E-state index < -0.39 is 11.7 Å². The normalized spacial score (nSPS) is 21.6. The van der Waals surface area contributed by atoms with Gasteiger partial charge < -0.3 is 15.5 Å². The van der Waals surface area contributed by atoms with Crippen molar-refractivity contribution >= 4 is 29.3 Å². The molecule has 1 amide bonds. The number of hydrogen-bond acceptors (Lipinski definition) is 5. The van der Waals surface area contributed by atoms with Crippen LogP contribution in [0.15, 0.2) is 58.6 Å². The molecule has 3 heterocycles. The molecule has 2 unspecified atom stereocenters. The number of nitrogens with zero attached hydrogens (tertiary/aromatic N) is 4. The van der Waals surface area contributed by atoms with Crippen LogP contribution in [0.2, 0.25) is 0 Å². The number of alkyl halides is 3. The third kappa shape index (κ3) is 3.77. The van der Waals surface area contributed by atoms with Gasteiger partial charge in [0.05, 0.1) is 17.9 Å². The number of amidine groups is 1. The number of aliphatic imine (C=N–C) groups is 2. The first-order chi connectivity index (χ1) is 15.7. The van der Waals surface area contributed by atoms with Gasteiger partial charge in [0, 0.05) is 25.5 Å². The van der Waals surface area contributed by atoms with Crippen molar-refractivity contribution in [2.45, 2.75) is 25.2 Å². The van der Waals surface area contributed by atoms with Crippen molar-refractivity contribution in [3.8, 4) is 0 Å². The zero-order valence-electron chi connectivity index (χ0n) is 17.9. The summed E-state index contributed by atoms with van der Waals surface area (Å²) < 4.78 is 39.0. The highest BCUT2D eigenvalue weighted by molar-refractivity contribution is 6.01. The van der Waals surface area contributed by atoms with Crippen LogP contribution in [0.3, 0.4) is 0 Å². The summed E-state index contributed by atoms with van der Waals surface area (Å²) in [6, 6.07) is 10.8. The number of hydrogen-bond donors (Lipinski definition) is 1. The molecule has 2 aromatic carbocycles. The molecule has 0 saturated heterocycles. The lowest BCUT2D eigenvalue weighted by atomic mass is 9.90. The summed E-state index contributed by atoms with van der Waals surface area (Å²) in [7, 11) is 1.95. The van der Waals surface area contributed by atoms with Gasteiger partial charge in [0.2, 0.25) is 5.91 Å². The molecule has 33 heavy (non-hydrogen) atoms. The molecule has 2 N–H and O–H groups in total. The molecular weight excluding hydrogens is 431 g/mol. The van der Waals surface area contributed by atoms with Crippen molar-refractivity contribution in [1.82, 2.24) is 4.90 Å². The van der Waals surface area contributed by atoms with E-state index in [9.17, 15) is 18.0 Å². The van der Waals surface area contributed by atoms with Gasteiger partial charge in [-0.15, -0.1) is 0 Å². The van der Waals surface area contributed by atoms with Crippen LogP contribution in [0, 0.1) is 5.92 Å². The smallest absolute Gasteiger partial charge is 0.386 e. The van der Waals surface area contributed by atoms with E-state index in [1.807, 2.05) is 30.3 Å². The largest absolute Gasteiger partial charge is 0.416 e. The van der Waals surface area contributed by atoms with Gasteiger partial charge in [-0.3, -0.25) is 4.79 Å². The Balaban J connectivity index is 1.36. The van der Waals surface area contributed by atoms with E-state index in [2.05, 4.69) is 16.1 Å². The van der Waals surface area contributed by atoms with E-state index in [1.54, 1.807) is 11.0 Å². The molecule has 3 aliphatic heterocycles. The molecule has 0 saturated carbocycles. The summed E-state index contributed by atoms with van der Waals surface area (Å²) in [6.07, 6.45) is -0.452. The zero-order chi connectivity index (χ0) is 23.3. The predicted molar refractivity (Wildman–Crippen MR) is 121 cm³/mol. The Hall–Kier alpha value is -3.62. The summed E-state index contributed by atoms with van der Waals surface area (Å²) in [5.74, 6) is 0.167. The van der Waals surface area contributed by atoms with Gasteiger partial charge in [0.25, 0.3) is 0 Å². The Morgan fingerprint density at radius 3 is 2.82 bits per heavy atom. The Morgan fingerprint density at radius 2 is 2.03 bits per heavy atom. The summed E-state index contributed by atoms with van der Waals surface area (Å²) in [6.45, 7) is 0.496. The van der Waals surface area contributed by atoms with Crippen LogP contribution >= 0.6 is 0 Å². The molecule has 5 rings (SSSR count). The molecule has 0 aliphatic carbocycles. The molecule has 170 valence electrons. The average molecular weight is 453 g/mol. The third-order valence-corrected chi connectivity index (χ3v) is 6.36. The van der Waals surface area contributed by atoms with Crippen molar-refractivity contribution in [3.05, 3.63) is 70.9 Å². The van der Waals surface area contributed by atoms with Crippen molar-refractivity contribution in [1.29, 1.82) is 0 Å². The van der Waals surface area contributed by atoms with Gasteiger partial charge in [-0.25, -0.2) is 9.98 Å². The average Bonchev–Trinajstić information content (AvgIpc) is 3.35. The minimum absolute atomic E-state index is 0.0875. The molecule has 0 radical (unpaired) electrons. The summed E-state index contributed by atoms with van der Waals surface area (Å²) >= 11 is 0. The molecular formula is C24H22F3N5O. The molecule has 9 heteroatoms. The maximum absolute atomic E-state index is 13.0. The summed E-state index contributed by atoms with van der Waals surface area (Å²) in [5, 5.41) is 0. The van der Waals surface area contributed by atoms with Crippen LogP contribution in [0.4, 0.5) is 18.9 Å². The second-order valence-corrected chi connectivity index (χ2v) is 8.47. The zero-order valence-corrected chi connectivity index (χ0v) is 17.9. The van der Waals surface area contributed by atoms with Crippen LogP contribution in [0.25, 0.3) is 5.57 Å². The molecule has 0 spiro atoms. The maximum atomic E-state index is 13.0. The Bertz CT molecular complexity index is 1220. The Morgan fingerprint density at radius 1 is 1.21 bits per heavy atom. The number of carbonyl (C=O) groups is 1. The SMILES string of the molecule is CN1C=C(c2ccc3c(c2)CCN3C(=O)Cc2cccc(C(F)(F)F)c2)C2C(N)=NC=NC21. The highest BCUT2D eigenvalue weighted by Gasteiger charge is 2.38. The van der Waals surface area contributed by atoms with Gasteiger partial charge in [0.15, 0.2) is 0 Å².